The zero-order valence-corrected chi connectivity index (χ0v) is 12.8. The van der Waals surface area contributed by atoms with Gasteiger partial charge in [-0.15, -0.1) is 0 Å². The molecule has 2 rings (SSSR count). The highest BCUT2D eigenvalue weighted by Gasteiger charge is 2.39. The summed E-state index contributed by atoms with van der Waals surface area (Å²) in [5.74, 6) is 2.60. The summed E-state index contributed by atoms with van der Waals surface area (Å²) < 4.78 is 5.40. The van der Waals surface area contributed by atoms with Crippen LogP contribution in [0, 0.1) is 18.8 Å². The van der Waals surface area contributed by atoms with E-state index in [0.29, 0.717) is 0 Å². The molecule has 3 heteroatoms. The average molecular weight is 264 g/mol. The van der Waals surface area contributed by atoms with Crippen molar-refractivity contribution in [3.8, 4) is 0 Å². The SMILES string of the molecule is Cc1occc1CN(C)C1(CN)CCC(C)C(C)C1. The highest BCUT2D eigenvalue weighted by molar-refractivity contribution is 5.16. The number of rotatable bonds is 4. The maximum absolute atomic E-state index is 6.15. The van der Waals surface area contributed by atoms with Crippen molar-refractivity contribution >= 4 is 0 Å². The minimum atomic E-state index is 0.162. The lowest BCUT2D eigenvalue weighted by Gasteiger charge is -2.48. The first-order valence-electron chi connectivity index (χ1n) is 7.43. The second-order valence-corrected chi connectivity index (χ2v) is 6.48. The summed E-state index contributed by atoms with van der Waals surface area (Å²) in [5, 5.41) is 0. The van der Waals surface area contributed by atoms with Gasteiger partial charge in [0.2, 0.25) is 0 Å². The van der Waals surface area contributed by atoms with Crippen molar-refractivity contribution in [3.63, 3.8) is 0 Å². The molecule has 108 valence electrons. The van der Waals surface area contributed by atoms with Crippen LogP contribution in [0.5, 0.6) is 0 Å². The van der Waals surface area contributed by atoms with Crippen LogP contribution in [-0.2, 0) is 6.54 Å². The van der Waals surface area contributed by atoms with E-state index in [9.17, 15) is 0 Å². The second-order valence-electron chi connectivity index (χ2n) is 6.48. The van der Waals surface area contributed by atoms with E-state index in [1.807, 2.05) is 6.92 Å². The molecule has 0 saturated heterocycles. The lowest BCUT2D eigenvalue weighted by atomic mass is 9.70. The highest BCUT2D eigenvalue weighted by atomic mass is 16.3. The summed E-state index contributed by atoms with van der Waals surface area (Å²) in [6, 6.07) is 2.07. The first-order chi connectivity index (χ1) is 8.98. The average Bonchev–Trinajstić information content (AvgIpc) is 2.78. The molecule has 2 N–H and O–H groups in total. The summed E-state index contributed by atoms with van der Waals surface area (Å²) in [6.45, 7) is 8.44. The van der Waals surface area contributed by atoms with Crippen molar-refractivity contribution in [1.82, 2.24) is 4.90 Å². The molecular weight excluding hydrogens is 236 g/mol. The topological polar surface area (TPSA) is 42.4 Å². The van der Waals surface area contributed by atoms with Crippen LogP contribution in [0.15, 0.2) is 16.7 Å². The van der Waals surface area contributed by atoms with Gasteiger partial charge in [0.05, 0.1) is 6.26 Å². The minimum Gasteiger partial charge on any atom is -0.469 e. The van der Waals surface area contributed by atoms with Crippen molar-refractivity contribution in [1.29, 1.82) is 0 Å². The maximum atomic E-state index is 6.15. The first-order valence-corrected chi connectivity index (χ1v) is 7.43. The Morgan fingerprint density at radius 2 is 2.16 bits per heavy atom. The summed E-state index contributed by atoms with van der Waals surface area (Å²) in [4.78, 5) is 2.45. The molecule has 0 spiro atoms. The predicted molar refractivity (Wildman–Crippen MR) is 78.9 cm³/mol. The molecule has 1 aromatic rings. The third-order valence-corrected chi connectivity index (χ3v) is 5.30. The fraction of sp³-hybridized carbons (Fsp3) is 0.750. The number of likely N-dealkylation sites (N-methyl/N-ethyl adjacent to an activating group) is 1. The Morgan fingerprint density at radius 3 is 2.68 bits per heavy atom. The van der Waals surface area contributed by atoms with Gasteiger partial charge in [-0.05, 0) is 51.1 Å². The van der Waals surface area contributed by atoms with Gasteiger partial charge < -0.3 is 10.2 Å². The number of hydrogen-bond acceptors (Lipinski definition) is 3. The Hall–Kier alpha value is -0.800. The molecule has 0 aliphatic heterocycles. The van der Waals surface area contributed by atoms with Crippen molar-refractivity contribution in [2.45, 2.75) is 52.1 Å². The van der Waals surface area contributed by atoms with Crippen LogP contribution in [-0.4, -0.2) is 24.0 Å². The van der Waals surface area contributed by atoms with Crippen LogP contribution in [0.2, 0.25) is 0 Å². The standard InChI is InChI=1S/C16H28N2O/c1-12-5-7-16(11-17,9-13(12)2)18(4)10-15-6-8-19-14(15)3/h6,8,12-13H,5,7,9-11,17H2,1-4H3. The van der Waals surface area contributed by atoms with Gasteiger partial charge in [-0.3, -0.25) is 4.90 Å². The van der Waals surface area contributed by atoms with Crippen LogP contribution in [0.25, 0.3) is 0 Å². The quantitative estimate of drug-likeness (QED) is 0.908. The van der Waals surface area contributed by atoms with E-state index in [1.165, 1.54) is 24.8 Å². The lowest BCUT2D eigenvalue weighted by Crippen LogP contribution is -2.55. The molecule has 0 amide bonds. The molecule has 1 saturated carbocycles. The summed E-state index contributed by atoms with van der Waals surface area (Å²) >= 11 is 0. The molecule has 19 heavy (non-hydrogen) atoms. The maximum Gasteiger partial charge on any atom is 0.105 e. The molecule has 0 bridgehead atoms. The summed E-state index contributed by atoms with van der Waals surface area (Å²) in [6.07, 6.45) is 5.48. The molecule has 1 fully saturated rings. The third kappa shape index (κ3) is 2.87. The molecule has 1 aromatic heterocycles. The van der Waals surface area contributed by atoms with Gasteiger partial charge in [-0.1, -0.05) is 13.8 Å². The Balaban J connectivity index is 2.10. The van der Waals surface area contributed by atoms with Gasteiger partial charge >= 0.3 is 0 Å². The Morgan fingerprint density at radius 1 is 1.42 bits per heavy atom. The summed E-state index contributed by atoms with van der Waals surface area (Å²) in [7, 11) is 2.21. The summed E-state index contributed by atoms with van der Waals surface area (Å²) in [5.41, 5.74) is 7.59. The van der Waals surface area contributed by atoms with Crippen LogP contribution < -0.4 is 5.73 Å². The normalized spacial score (nSPS) is 31.9. The highest BCUT2D eigenvalue weighted by Crippen LogP contribution is 2.39. The van der Waals surface area contributed by atoms with Crippen molar-refractivity contribution in [2.75, 3.05) is 13.6 Å². The van der Waals surface area contributed by atoms with Crippen LogP contribution in [0.3, 0.4) is 0 Å². The molecule has 1 heterocycles. The van der Waals surface area contributed by atoms with Crippen molar-refractivity contribution in [2.24, 2.45) is 17.6 Å². The fourth-order valence-electron chi connectivity index (χ4n) is 3.37. The number of nitrogens with zero attached hydrogens (tertiary/aromatic N) is 1. The van der Waals surface area contributed by atoms with E-state index in [4.69, 9.17) is 10.2 Å². The smallest absolute Gasteiger partial charge is 0.105 e. The van der Waals surface area contributed by atoms with E-state index in [2.05, 4.69) is 31.9 Å². The molecule has 3 unspecified atom stereocenters. The Labute approximate surface area is 117 Å². The Kier molecular flexibility index (Phi) is 4.36. The van der Waals surface area contributed by atoms with Crippen molar-refractivity contribution in [3.05, 3.63) is 23.7 Å². The van der Waals surface area contributed by atoms with E-state index >= 15 is 0 Å². The number of nitrogens with two attached hydrogens (primary N) is 1. The Bertz CT molecular complexity index is 415. The van der Waals surface area contributed by atoms with Gasteiger partial charge in [0.25, 0.3) is 0 Å². The van der Waals surface area contributed by atoms with Gasteiger partial charge in [0.15, 0.2) is 0 Å². The van der Waals surface area contributed by atoms with E-state index < -0.39 is 0 Å². The van der Waals surface area contributed by atoms with E-state index in [-0.39, 0.29) is 5.54 Å². The van der Waals surface area contributed by atoms with Crippen molar-refractivity contribution < 1.29 is 4.42 Å². The number of furan rings is 1. The molecule has 1 aliphatic carbocycles. The van der Waals surface area contributed by atoms with Gasteiger partial charge in [-0.2, -0.15) is 0 Å². The largest absolute Gasteiger partial charge is 0.469 e. The fourth-order valence-corrected chi connectivity index (χ4v) is 3.37. The minimum absolute atomic E-state index is 0.162. The number of aryl methyl sites for hydroxylation is 1. The zero-order valence-electron chi connectivity index (χ0n) is 12.8. The van der Waals surface area contributed by atoms with Gasteiger partial charge in [0, 0.05) is 24.2 Å². The molecule has 0 aromatic carbocycles. The van der Waals surface area contributed by atoms with Crippen LogP contribution in [0.4, 0.5) is 0 Å². The van der Waals surface area contributed by atoms with Crippen LogP contribution in [0.1, 0.15) is 44.4 Å². The first kappa shape index (κ1) is 14.6. The molecule has 3 atom stereocenters. The predicted octanol–water partition coefficient (Wildman–Crippen LogP) is 3.17. The molecule has 3 nitrogen and oxygen atoms in total. The van der Waals surface area contributed by atoms with E-state index in [1.54, 1.807) is 6.26 Å². The lowest BCUT2D eigenvalue weighted by molar-refractivity contribution is 0.0347. The van der Waals surface area contributed by atoms with Crippen LogP contribution >= 0.6 is 0 Å². The monoisotopic (exact) mass is 264 g/mol. The third-order valence-electron chi connectivity index (χ3n) is 5.30. The molecule has 1 aliphatic rings. The van der Waals surface area contributed by atoms with Gasteiger partial charge in [-0.25, -0.2) is 0 Å². The van der Waals surface area contributed by atoms with Gasteiger partial charge in [0.1, 0.15) is 5.76 Å². The molecule has 0 radical (unpaired) electrons. The number of hydrogen-bond donors (Lipinski definition) is 1. The second kappa shape index (κ2) is 5.68. The molecular formula is C16H28N2O. The van der Waals surface area contributed by atoms with E-state index in [0.717, 1.165) is 30.7 Å². The zero-order chi connectivity index (χ0) is 14.0.